The second-order valence-electron chi connectivity index (χ2n) is 6.55. The number of carbonyl (C=O) groups is 1. The van der Waals surface area contributed by atoms with Gasteiger partial charge in [0.15, 0.2) is 0 Å². The first kappa shape index (κ1) is 19.2. The Kier molecular flexibility index (Phi) is 5.67. The van der Waals surface area contributed by atoms with E-state index in [-0.39, 0.29) is 16.4 Å². The number of benzene rings is 2. The van der Waals surface area contributed by atoms with Crippen LogP contribution in [0.5, 0.6) is 5.75 Å². The van der Waals surface area contributed by atoms with Crippen LogP contribution >= 0.6 is 0 Å². The van der Waals surface area contributed by atoms with E-state index in [4.69, 9.17) is 9.88 Å². The van der Waals surface area contributed by atoms with Crippen molar-refractivity contribution in [1.82, 2.24) is 5.32 Å². The summed E-state index contributed by atoms with van der Waals surface area (Å²) < 4.78 is 28.3. The Balaban J connectivity index is 1.64. The second-order valence-corrected chi connectivity index (χ2v) is 8.11. The van der Waals surface area contributed by atoms with Gasteiger partial charge in [-0.05, 0) is 42.7 Å². The number of amides is 1. The second kappa shape index (κ2) is 7.98. The van der Waals surface area contributed by atoms with E-state index in [1.165, 1.54) is 31.0 Å². The van der Waals surface area contributed by atoms with Crippen LogP contribution in [-0.2, 0) is 10.0 Å². The largest absolute Gasteiger partial charge is 0.496 e. The van der Waals surface area contributed by atoms with Crippen molar-refractivity contribution in [2.75, 3.05) is 31.6 Å². The lowest BCUT2D eigenvalue weighted by molar-refractivity contribution is 0.0945. The maximum Gasteiger partial charge on any atom is 0.255 e. The van der Waals surface area contributed by atoms with Crippen LogP contribution in [0.1, 0.15) is 16.8 Å². The molecule has 1 heterocycles. The maximum absolute atomic E-state index is 12.6. The van der Waals surface area contributed by atoms with Gasteiger partial charge >= 0.3 is 0 Å². The molecule has 0 aromatic heterocycles. The van der Waals surface area contributed by atoms with Gasteiger partial charge in [-0.15, -0.1) is 0 Å². The molecule has 1 unspecified atom stereocenters. The number of methoxy groups -OCH3 is 1. The van der Waals surface area contributed by atoms with E-state index in [1.807, 2.05) is 18.2 Å². The number of ether oxygens (including phenoxy) is 1. The molecule has 0 aliphatic carbocycles. The van der Waals surface area contributed by atoms with Crippen molar-refractivity contribution in [2.24, 2.45) is 11.1 Å². The molecule has 1 saturated heterocycles. The van der Waals surface area contributed by atoms with Crippen LogP contribution in [0.4, 0.5) is 5.69 Å². The topological polar surface area (TPSA) is 102 Å². The summed E-state index contributed by atoms with van der Waals surface area (Å²) in [5.74, 6) is 0.245. The molecular formula is C19H23N3O4S. The Morgan fingerprint density at radius 1 is 1.26 bits per heavy atom. The Hall–Kier alpha value is -2.58. The minimum Gasteiger partial charge on any atom is -0.496 e. The summed E-state index contributed by atoms with van der Waals surface area (Å²) in [5, 5.41) is 8.04. The van der Waals surface area contributed by atoms with Crippen LogP contribution in [0, 0.1) is 5.92 Å². The van der Waals surface area contributed by atoms with Gasteiger partial charge in [-0.1, -0.05) is 18.2 Å². The minimum atomic E-state index is -3.89. The van der Waals surface area contributed by atoms with Crippen molar-refractivity contribution in [1.29, 1.82) is 0 Å². The van der Waals surface area contributed by atoms with Gasteiger partial charge in [-0.3, -0.25) is 4.79 Å². The van der Waals surface area contributed by atoms with Gasteiger partial charge in [0.2, 0.25) is 10.0 Å². The van der Waals surface area contributed by atoms with E-state index in [0.29, 0.717) is 18.2 Å². The number of sulfonamides is 1. The highest BCUT2D eigenvalue weighted by molar-refractivity contribution is 7.89. The van der Waals surface area contributed by atoms with E-state index in [0.717, 1.165) is 19.5 Å². The van der Waals surface area contributed by atoms with E-state index in [2.05, 4.69) is 22.3 Å². The summed E-state index contributed by atoms with van der Waals surface area (Å²) in [6, 6.07) is 14.1. The van der Waals surface area contributed by atoms with Crippen molar-refractivity contribution in [2.45, 2.75) is 11.3 Å². The van der Waals surface area contributed by atoms with E-state index in [1.54, 1.807) is 0 Å². The number of rotatable bonds is 6. The summed E-state index contributed by atoms with van der Waals surface area (Å²) >= 11 is 0. The van der Waals surface area contributed by atoms with Crippen molar-refractivity contribution >= 4 is 21.6 Å². The monoisotopic (exact) mass is 389 g/mol. The van der Waals surface area contributed by atoms with Crippen molar-refractivity contribution < 1.29 is 17.9 Å². The third-order valence-corrected chi connectivity index (χ3v) is 5.61. The smallest absolute Gasteiger partial charge is 0.255 e. The molecule has 7 nitrogen and oxygen atoms in total. The number of nitrogens with zero attached hydrogens (tertiary/aromatic N) is 1. The molecule has 0 saturated carbocycles. The lowest BCUT2D eigenvalue weighted by atomic mass is 10.1. The van der Waals surface area contributed by atoms with Crippen LogP contribution < -0.4 is 20.1 Å². The highest BCUT2D eigenvalue weighted by atomic mass is 32.2. The fourth-order valence-corrected chi connectivity index (χ4v) is 3.79. The number of carbonyl (C=O) groups excluding carboxylic acids is 1. The number of primary sulfonamides is 1. The molecule has 1 aliphatic rings. The Labute approximate surface area is 159 Å². The molecular weight excluding hydrogens is 366 g/mol. The number of anilines is 1. The SMILES string of the molecule is COc1ccc(S(N)(=O)=O)cc1C(=O)NCC1CCN(c2ccccc2)C1. The zero-order valence-corrected chi connectivity index (χ0v) is 15.9. The van der Waals surface area contributed by atoms with Gasteiger partial charge in [0.25, 0.3) is 5.91 Å². The van der Waals surface area contributed by atoms with Gasteiger partial charge in [0.1, 0.15) is 5.75 Å². The van der Waals surface area contributed by atoms with Gasteiger partial charge < -0.3 is 15.0 Å². The predicted molar refractivity (Wildman–Crippen MR) is 103 cm³/mol. The van der Waals surface area contributed by atoms with E-state index < -0.39 is 10.0 Å². The minimum absolute atomic E-state index is 0.121. The zero-order valence-electron chi connectivity index (χ0n) is 15.1. The molecule has 0 bridgehead atoms. The van der Waals surface area contributed by atoms with Crippen LogP contribution in [0.25, 0.3) is 0 Å². The van der Waals surface area contributed by atoms with Crippen molar-refractivity contribution in [3.8, 4) is 5.75 Å². The fraction of sp³-hybridized carbons (Fsp3) is 0.316. The lowest BCUT2D eigenvalue weighted by Gasteiger charge is -2.19. The Morgan fingerprint density at radius 2 is 2.00 bits per heavy atom. The summed E-state index contributed by atoms with van der Waals surface area (Å²) in [4.78, 5) is 14.7. The molecule has 1 aliphatic heterocycles. The Morgan fingerprint density at radius 3 is 2.67 bits per heavy atom. The molecule has 3 N–H and O–H groups in total. The molecule has 8 heteroatoms. The molecule has 1 fully saturated rings. The molecule has 2 aromatic rings. The third-order valence-electron chi connectivity index (χ3n) is 4.70. The van der Waals surface area contributed by atoms with Gasteiger partial charge in [-0.2, -0.15) is 0 Å². The normalized spacial score (nSPS) is 17.0. The first-order valence-corrected chi connectivity index (χ1v) is 10.2. The quantitative estimate of drug-likeness (QED) is 0.781. The molecule has 144 valence electrons. The molecule has 1 amide bonds. The Bertz CT molecular complexity index is 916. The molecule has 2 aromatic carbocycles. The van der Waals surface area contributed by atoms with Gasteiger partial charge in [0, 0.05) is 25.3 Å². The first-order valence-electron chi connectivity index (χ1n) is 8.67. The van der Waals surface area contributed by atoms with Crippen LogP contribution in [0.2, 0.25) is 0 Å². The molecule has 27 heavy (non-hydrogen) atoms. The van der Waals surface area contributed by atoms with Crippen molar-refractivity contribution in [3.05, 3.63) is 54.1 Å². The van der Waals surface area contributed by atoms with Gasteiger partial charge in [-0.25, -0.2) is 13.6 Å². The highest BCUT2D eigenvalue weighted by Crippen LogP contribution is 2.24. The third kappa shape index (κ3) is 4.58. The van der Waals surface area contributed by atoms with Crippen LogP contribution in [0.15, 0.2) is 53.4 Å². The number of hydrogen-bond acceptors (Lipinski definition) is 5. The van der Waals surface area contributed by atoms with E-state index in [9.17, 15) is 13.2 Å². The zero-order chi connectivity index (χ0) is 19.4. The molecule has 3 rings (SSSR count). The average molecular weight is 389 g/mol. The number of nitrogens with one attached hydrogen (secondary N) is 1. The molecule has 1 atom stereocenters. The number of para-hydroxylation sites is 1. The standard InChI is InChI=1S/C19H23N3O4S/c1-26-18-8-7-16(27(20,24)25)11-17(18)19(23)21-12-14-9-10-22(13-14)15-5-3-2-4-6-15/h2-8,11,14H,9-10,12-13H2,1H3,(H,21,23)(H2,20,24,25). The average Bonchev–Trinajstić information content (AvgIpc) is 3.14. The predicted octanol–water partition coefficient (Wildman–Crippen LogP) is 1.60. The summed E-state index contributed by atoms with van der Waals surface area (Å²) in [7, 11) is -2.47. The number of nitrogens with two attached hydrogens (primary N) is 1. The van der Waals surface area contributed by atoms with Crippen LogP contribution in [0.3, 0.4) is 0 Å². The summed E-state index contributed by atoms with van der Waals surface area (Å²) in [6.45, 7) is 2.30. The lowest BCUT2D eigenvalue weighted by Crippen LogP contribution is -2.31. The first-order chi connectivity index (χ1) is 12.9. The van der Waals surface area contributed by atoms with Crippen LogP contribution in [-0.4, -0.2) is 41.1 Å². The number of hydrogen-bond donors (Lipinski definition) is 2. The molecule has 0 spiro atoms. The maximum atomic E-state index is 12.6. The van der Waals surface area contributed by atoms with Crippen molar-refractivity contribution in [3.63, 3.8) is 0 Å². The summed E-state index contributed by atoms with van der Waals surface area (Å²) in [6.07, 6.45) is 0.976. The highest BCUT2D eigenvalue weighted by Gasteiger charge is 2.24. The van der Waals surface area contributed by atoms with Gasteiger partial charge in [0.05, 0.1) is 17.6 Å². The molecule has 0 radical (unpaired) electrons. The van der Waals surface area contributed by atoms with E-state index >= 15 is 0 Å². The fourth-order valence-electron chi connectivity index (χ4n) is 3.25. The summed E-state index contributed by atoms with van der Waals surface area (Å²) in [5.41, 5.74) is 1.33.